The first-order chi connectivity index (χ1) is 7.67. The molecule has 1 aliphatic rings. The van der Waals surface area contributed by atoms with Crippen molar-refractivity contribution in [1.29, 1.82) is 5.26 Å². The van der Waals surface area contributed by atoms with Crippen molar-refractivity contribution < 1.29 is 0 Å². The van der Waals surface area contributed by atoms with E-state index in [4.69, 9.17) is 5.73 Å². The normalized spacial score (nSPS) is 20.2. The molecule has 1 aromatic rings. The largest absolute Gasteiger partial charge is 0.400 e. The third kappa shape index (κ3) is 1.85. The van der Waals surface area contributed by atoms with E-state index in [9.17, 15) is 5.26 Å². The molecular formula is C13H16N2S. The molecule has 0 atom stereocenters. The summed E-state index contributed by atoms with van der Waals surface area (Å²) in [6, 6.07) is 6.20. The molecule has 0 aliphatic heterocycles. The maximum Gasteiger partial charge on any atom is 0.102 e. The van der Waals surface area contributed by atoms with Crippen LogP contribution in [-0.2, 0) is 0 Å². The van der Waals surface area contributed by atoms with Crippen molar-refractivity contribution in [3.05, 3.63) is 28.1 Å². The number of hydrogen-bond acceptors (Lipinski definition) is 3. The van der Waals surface area contributed by atoms with Gasteiger partial charge in [0.15, 0.2) is 0 Å². The summed E-state index contributed by atoms with van der Waals surface area (Å²) in [5, 5.41) is 11.2. The molecule has 3 heteroatoms. The van der Waals surface area contributed by atoms with Gasteiger partial charge in [0.1, 0.15) is 6.07 Å². The van der Waals surface area contributed by atoms with Crippen molar-refractivity contribution in [3.8, 4) is 6.07 Å². The maximum absolute atomic E-state index is 9.26. The Labute approximate surface area is 100 Å². The van der Waals surface area contributed by atoms with E-state index in [0.717, 1.165) is 23.4 Å². The number of rotatable bonds is 2. The Bertz CT molecular complexity index is 431. The summed E-state index contributed by atoms with van der Waals surface area (Å²) in [6.07, 6.45) is 4.66. The van der Waals surface area contributed by atoms with E-state index >= 15 is 0 Å². The lowest BCUT2D eigenvalue weighted by Gasteiger charge is -2.25. The van der Waals surface area contributed by atoms with E-state index in [0.29, 0.717) is 5.57 Å². The fourth-order valence-corrected chi connectivity index (χ4v) is 3.13. The van der Waals surface area contributed by atoms with E-state index in [-0.39, 0.29) is 5.41 Å². The smallest absolute Gasteiger partial charge is 0.102 e. The van der Waals surface area contributed by atoms with Crippen LogP contribution in [0.3, 0.4) is 0 Å². The quantitative estimate of drug-likeness (QED) is 0.793. The summed E-state index contributed by atoms with van der Waals surface area (Å²) in [7, 11) is 0. The third-order valence-electron chi connectivity index (χ3n) is 3.51. The number of hydrogen-bond donors (Lipinski definition) is 1. The Morgan fingerprint density at radius 1 is 1.50 bits per heavy atom. The molecule has 0 amide bonds. The van der Waals surface area contributed by atoms with Crippen LogP contribution in [0.4, 0.5) is 0 Å². The zero-order valence-corrected chi connectivity index (χ0v) is 10.3. The van der Waals surface area contributed by atoms with Gasteiger partial charge in [0, 0.05) is 16.0 Å². The van der Waals surface area contributed by atoms with Gasteiger partial charge in [-0.3, -0.25) is 0 Å². The lowest BCUT2D eigenvalue weighted by molar-refractivity contribution is 0.411. The predicted molar refractivity (Wildman–Crippen MR) is 67.6 cm³/mol. The summed E-state index contributed by atoms with van der Waals surface area (Å²) in [5.74, 6) is 0. The molecule has 0 saturated heterocycles. The molecule has 0 bridgehead atoms. The molecule has 84 valence electrons. The zero-order valence-electron chi connectivity index (χ0n) is 9.49. The molecule has 1 aliphatic carbocycles. The number of allylic oxidation sites excluding steroid dienone is 2. The van der Waals surface area contributed by atoms with Crippen LogP contribution in [0.2, 0.25) is 0 Å². The predicted octanol–water partition coefficient (Wildman–Crippen LogP) is 3.52. The average molecular weight is 232 g/mol. The molecule has 1 fully saturated rings. The van der Waals surface area contributed by atoms with Crippen molar-refractivity contribution in [2.45, 2.75) is 32.6 Å². The molecule has 0 aromatic carbocycles. The van der Waals surface area contributed by atoms with Gasteiger partial charge in [0.25, 0.3) is 0 Å². The highest BCUT2D eigenvalue weighted by Gasteiger charge is 2.33. The number of nitriles is 1. The summed E-state index contributed by atoms with van der Waals surface area (Å²) in [5.41, 5.74) is 7.73. The Hall–Kier alpha value is -1.27. The van der Waals surface area contributed by atoms with Crippen LogP contribution in [0.1, 0.15) is 37.5 Å². The van der Waals surface area contributed by atoms with E-state index in [2.05, 4.69) is 13.0 Å². The van der Waals surface area contributed by atoms with E-state index < -0.39 is 0 Å². The van der Waals surface area contributed by atoms with Crippen molar-refractivity contribution in [2.24, 2.45) is 11.1 Å². The number of nitrogens with zero attached hydrogens (tertiary/aromatic N) is 1. The summed E-state index contributed by atoms with van der Waals surface area (Å²) >= 11 is 1.58. The fourth-order valence-electron chi connectivity index (χ4n) is 2.40. The summed E-state index contributed by atoms with van der Waals surface area (Å²) < 4.78 is 0. The molecule has 2 rings (SSSR count). The van der Waals surface area contributed by atoms with Crippen LogP contribution >= 0.6 is 11.3 Å². The molecule has 1 heterocycles. The molecule has 2 N–H and O–H groups in total. The van der Waals surface area contributed by atoms with E-state index in [1.807, 2.05) is 17.5 Å². The first-order valence-electron chi connectivity index (χ1n) is 5.61. The average Bonchev–Trinajstić information content (AvgIpc) is 2.91. The minimum Gasteiger partial charge on any atom is -0.400 e. The molecule has 1 saturated carbocycles. The Morgan fingerprint density at radius 2 is 2.19 bits per heavy atom. The Balaban J connectivity index is 2.42. The second-order valence-corrected chi connectivity index (χ2v) is 5.59. The number of nitrogens with two attached hydrogens (primary N) is 1. The SMILES string of the molecule is CC1(/C(N)=C(/C#N)c2cccs2)CCCC1. The first-order valence-corrected chi connectivity index (χ1v) is 6.49. The molecule has 0 unspecified atom stereocenters. The van der Waals surface area contributed by atoms with Crippen molar-refractivity contribution in [2.75, 3.05) is 0 Å². The van der Waals surface area contributed by atoms with Gasteiger partial charge in [-0.2, -0.15) is 5.26 Å². The summed E-state index contributed by atoms with van der Waals surface area (Å²) in [6.45, 7) is 2.18. The third-order valence-corrected chi connectivity index (χ3v) is 4.39. The minimum atomic E-state index is 0.0368. The van der Waals surface area contributed by atoms with Crippen LogP contribution < -0.4 is 5.73 Å². The van der Waals surface area contributed by atoms with Crippen LogP contribution in [-0.4, -0.2) is 0 Å². The monoisotopic (exact) mass is 232 g/mol. The highest BCUT2D eigenvalue weighted by atomic mass is 32.1. The van der Waals surface area contributed by atoms with Crippen LogP contribution in [0.15, 0.2) is 23.2 Å². The maximum atomic E-state index is 9.26. The Morgan fingerprint density at radius 3 is 2.69 bits per heavy atom. The Kier molecular flexibility index (Phi) is 3.02. The minimum absolute atomic E-state index is 0.0368. The second kappa shape index (κ2) is 4.31. The van der Waals surface area contributed by atoms with Gasteiger partial charge in [-0.15, -0.1) is 11.3 Å². The van der Waals surface area contributed by atoms with E-state index in [1.165, 1.54) is 12.8 Å². The van der Waals surface area contributed by atoms with Gasteiger partial charge < -0.3 is 5.73 Å². The second-order valence-electron chi connectivity index (χ2n) is 4.65. The van der Waals surface area contributed by atoms with Gasteiger partial charge in [-0.1, -0.05) is 25.8 Å². The number of thiophene rings is 1. The highest BCUT2D eigenvalue weighted by Crippen LogP contribution is 2.44. The van der Waals surface area contributed by atoms with Gasteiger partial charge >= 0.3 is 0 Å². The fraction of sp³-hybridized carbons (Fsp3) is 0.462. The first kappa shape index (κ1) is 11.2. The molecule has 1 aromatic heterocycles. The van der Waals surface area contributed by atoms with Crippen LogP contribution in [0, 0.1) is 16.7 Å². The molecule has 2 nitrogen and oxygen atoms in total. The molecular weight excluding hydrogens is 216 g/mol. The molecule has 0 spiro atoms. The van der Waals surface area contributed by atoms with E-state index in [1.54, 1.807) is 11.3 Å². The van der Waals surface area contributed by atoms with Gasteiger partial charge in [0.05, 0.1) is 5.57 Å². The lowest BCUT2D eigenvalue weighted by Crippen LogP contribution is -2.22. The topological polar surface area (TPSA) is 49.8 Å². The van der Waals surface area contributed by atoms with Crippen LogP contribution in [0.5, 0.6) is 0 Å². The van der Waals surface area contributed by atoms with Gasteiger partial charge in [-0.25, -0.2) is 0 Å². The van der Waals surface area contributed by atoms with Gasteiger partial charge in [0.2, 0.25) is 0 Å². The summed E-state index contributed by atoms with van der Waals surface area (Å²) in [4.78, 5) is 0.994. The lowest BCUT2D eigenvalue weighted by atomic mass is 9.83. The van der Waals surface area contributed by atoms with Crippen molar-refractivity contribution in [1.82, 2.24) is 0 Å². The standard InChI is InChI=1S/C13H16N2S/c1-13(6-2-3-7-13)12(15)10(9-14)11-5-4-8-16-11/h4-5,8H,2-3,6-7,15H2,1H3/b12-10+. The molecule has 0 radical (unpaired) electrons. The van der Waals surface area contributed by atoms with Crippen LogP contribution in [0.25, 0.3) is 5.57 Å². The van der Waals surface area contributed by atoms with Crippen molar-refractivity contribution in [3.63, 3.8) is 0 Å². The zero-order chi connectivity index (χ0) is 11.6. The molecule has 16 heavy (non-hydrogen) atoms. The van der Waals surface area contributed by atoms with Gasteiger partial charge in [-0.05, 0) is 24.3 Å². The highest BCUT2D eigenvalue weighted by molar-refractivity contribution is 7.11. The van der Waals surface area contributed by atoms with Crippen molar-refractivity contribution >= 4 is 16.9 Å².